The lowest BCUT2D eigenvalue weighted by Gasteiger charge is -2.16. The van der Waals surface area contributed by atoms with Gasteiger partial charge in [0.1, 0.15) is 12.0 Å². The van der Waals surface area contributed by atoms with E-state index < -0.39 is 0 Å². The van der Waals surface area contributed by atoms with Crippen molar-refractivity contribution in [3.63, 3.8) is 0 Å². The maximum atomic E-state index is 10.4. The highest BCUT2D eigenvalue weighted by Gasteiger charge is 2.13. The van der Waals surface area contributed by atoms with Crippen LogP contribution in [0.25, 0.3) is 0 Å². The number of carbonyl (C=O) groups excluding carboxylic acids is 1. The molecule has 0 fully saturated rings. The van der Waals surface area contributed by atoms with E-state index in [1.54, 1.807) is 6.07 Å². The van der Waals surface area contributed by atoms with Crippen LogP contribution in [0.5, 0.6) is 5.75 Å². The van der Waals surface area contributed by atoms with Crippen LogP contribution in [0.3, 0.4) is 0 Å². The Labute approximate surface area is 90.9 Å². The highest BCUT2D eigenvalue weighted by molar-refractivity contribution is 5.49. The summed E-state index contributed by atoms with van der Waals surface area (Å²) in [6, 6.07) is 7.40. The number of hydrogen-bond acceptors (Lipinski definition) is 2. The van der Waals surface area contributed by atoms with Crippen LogP contribution in [0, 0.1) is 0 Å². The standard InChI is InChI=1S/C13H18O2/c1-2-6-11(7-5-10-14)12-8-3-4-9-13(12)15/h3-4,8-11,15H,2,5-7H2,1H3. The minimum absolute atomic E-state index is 0.307. The van der Waals surface area contributed by atoms with Crippen molar-refractivity contribution in [3.05, 3.63) is 29.8 Å². The summed E-state index contributed by atoms with van der Waals surface area (Å²) in [7, 11) is 0. The van der Waals surface area contributed by atoms with E-state index in [2.05, 4.69) is 6.92 Å². The minimum atomic E-state index is 0.307. The van der Waals surface area contributed by atoms with Crippen molar-refractivity contribution >= 4 is 6.29 Å². The van der Waals surface area contributed by atoms with Crippen molar-refractivity contribution < 1.29 is 9.90 Å². The first-order chi connectivity index (χ1) is 7.29. The molecule has 0 amide bonds. The average Bonchev–Trinajstić information content (AvgIpc) is 2.25. The van der Waals surface area contributed by atoms with Crippen molar-refractivity contribution in [2.45, 2.75) is 38.5 Å². The molecule has 1 aromatic rings. The van der Waals surface area contributed by atoms with Gasteiger partial charge in [-0.25, -0.2) is 0 Å². The minimum Gasteiger partial charge on any atom is -0.508 e. The maximum Gasteiger partial charge on any atom is 0.120 e. The Morgan fingerprint density at radius 3 is 2.67 bits per heavy atom. The lowest BCUT2D eigenvalue weighted by molar-refractivity contribution is -0.108. The normalized spacial score (nSPS) is 12.3. The molecule has 2 nitrogen and oxygen atoms in total. The number of rotatable bonds is 6. The molecule has 15 heavy (non-hydrogen) atoms. The Hall–Kier alpha value is -1.31. The predicted octanol–water partition coefficient (Wildman–Crippen LogP) is 3.26. The second kappa shape index (κ2) is 6.23. The zero-order valence-corrected chi connectivity index (χ0v) is 9.15. The van der Waals surface area contributed by atoms with E-state index in [4.69, 9.17) is 0 Å². The molecule has 1 atom stereocenters. The van der Waals surface area contributed by atoms with Crippen LogP contribution in [0.2, 0.25) is 0 Å². The number of carbonyl (C=O) groups is 1. The van der Waals surface area contributed by atoms with Gasteiger partial charge in [0.2, 0.25) is 0 Å². The molecular formula is C13H18O2. The molecule has 0 heterocycles. The summed E-state index contributed by atoms with van der Waals surface area (Å²) >= 11 is 0. The number of aromatic hydroxyl groups is 1. The molecule has 0 aliphatic rings. The van der Waals surface area contributed by atoms with Crippen LogP contribution >= 0.6 is 0 Å². The summed E-state index contributed by atoms with van der Waals surface area (Å²) in [5.41, 5.74) is 0.973. The molecule has 0 aromatic heterocycles. The highest BCUT2D eigenvalue weighted by atomic mass is 16.3. The molecule has 1 rings (SSSR count). The van der Waals surface area contributed by atoms with E-state index in [1.165, 1.54) is 0 Å². The van der Waals surface area contributed by atoms with E-state index in [0.29, 0.717) is 18.1 Å². The molecule has 1 aromatic carbocycles. The van der Waals surface area contributed by atoms with Crippen LogP contribution in [0.4, 0.5) is 0 Å². The number of benzene rings is 1. The first-order valence-corrected chi connectivity index (χ1v) is 5.51. The third-order valence-electron chi connectivity index (χ3n) is 2.65. The topological polar surface area (TPSA) is 37.3 Å². The molecular weight excluding hydrogens is 188 g/mol. The first-order valence-electron chi connectivity index (χ1n) is 5.51. The number of phenols is 1. The van der Waals surface area contributed by atoms with Gasteiger partial charge >= 0.3 is 0 Å². The molecule has 0 aliphatic heterocycles. The number of hydrogen-bond donors (Lipinski definition) is 1. The van der Waals surface area contributed by atoms with Crippen LogP contribution < -0.4 is 0 Å². The second-order valence-electron chi connectivity index (χ2n) is 3.79. The van der Waals surface area contributed by atoms with Gasteiger partial charge in [-0.2, -0.15) is 0 Å². The third kappa shape index (κ3) is 3.39. The molecule has 82 valence electrons. The summed E-state index contributed by atoms with van der Waals surface area (Å²) in [5.74, 6) is 0.656. The number of para-hydroxylation sites is 1. The van der Waals surface area contributed by atoms with Gasteiger partial charge in [0.25, 0.3) is 0 Å². The highest BCUT2D eigenvalue weighted by Crippen LogP contribution is 2.31. The molecule has 0 saturated carbocycles. The largest absolute Gasteiger partial charge is 0.508 e. The van der Waals surface area contributed by atoms with E-state index in [1.807, 2.05) is 18.2 Å². The van der Waals surface area contributed by atoms with Gasteiger partial charge in [-0.15, -0.1) is 0 Å². The molecule has 0 aliphatic carbocycles. The molecule has 2 heteroatoms. The molecule has 0 bridgehead atoms. The fraction of sp³-hybridized carbons (Fsp3) is 0.462. The Kier molecular flexibility index (Phi) is 4.88. The molecule has 0 spiro atoms. The van der Waals surface area contributed by atoms with E-state index in [-0.39, 0.29) is 0 Å². The van der Waals surface area contributed by atoms with Gasteiger partial charge in [-0.1, -0.05) is 31.5 Å². The predicted molar refractivity (Wildman–Crippen MR) is 61.1 cm³/mol. The molecule has 1 N–H and O–H groups in total. The summed E-state index contributed by atoms with van der Waals surface area (Å²) in [6.45, 7) is 2.12. The van der Waals surface area contributed by atoms with E-state index in [9.17, 15) is 9.90 Å². The Bertz CT molecular complexity index is 307. The van der Waals surface area contributed by atoms with Gasteiger partial charge in [0.05, 0.1) is 0 Å². The zero-order chi connectivity index (χ0) is 11.1. The smallest absolute Gasteiger partial charge is 0.120 e. The average molecular weight is 206 g/mol. The van der Waals surface area contributed by atoms with Crippen molar-refractivity contribution in [2.75, 3.05) is 0 Å². The summed E-state index contributed by atoms with van der Waals surface area (Å²) in [5, 5.41) is 9.72. The zero-order valence-electron chi connectivity index (χ0n) is 9.15. The van der Waals surface area contributed by atoms with E-state index >= 15 is 0 Å². The monoisotopic (exact) mass is 206 g/mol. The Morgan fingerprint density at radius 1 is 1.33 bits per heavy atom. The Morgan fingerprint density at radius 2 is 2.07 bits per heavy atom. The summed E-state index contributed by atoms with van der Waals surface area (Å²) < 4.78 is 0. The van der Waals surface area contributed by atoms with Crippen molar-refractivity contribution in [1.82, 2.24) is 0 Å². The van der Waals surface area contributed by atoms with Gasteiger partial charge in [0, 0.05) is 6.42 Å². The van der Waals surface area contributed by atoms with Gasteiger partial charge in [-0.3, -0.25) is 0 Å². The van der Waals surface area contributed by atoms with Crippen LogP contribution in [0.15, 0.2) is 24.3 Å². The Balaban J connectivity index is 2.78. The van der Waals surface area contributed by atoms with Crippen LogP contribution in [0.1, 0.15) is 44.1 Å². The summed E-state index contributed by atoms with van der Waals surface area (Å²) in [6.07, 6.45) is 4.43. The lowest BCUT2D eigenvalue weighted by Crippen LogP contribution is -1.99. The maximum absolute atomic E-state index is 10.4. The number of aldehydes is 1. The van der Waals surface area contributed by atoms with E-state index in [0.717, 1.165) is 31.1 Å². The van der Waals surface area contributed by atoms with Gasteiger partial charge in [-0.05, 0) is 30.4 Å². The fourth-order valence-electron chi connectivity index (χ4n) is 1.91. The number of phenolic OH excluding ortho intramolecular Hbond substituents is 1. The molecule has 1 unspecified atom stereocenters. The van der Waals surface area contributed by atoms with Crippen molar-refractivity contribution in [1.29, 1.82) is 0 Å². The van der Waals surface area contributed by atoms with Gasteiger partial charge in [0.15, 0.2) is 0 Å². The lowest BCUT2D eigenvalue weighted by atomic mass is 9.90. The van der Waals surface area contributed by atoms with Crippen molar-refractivity contribution in [2.24, 2.45) is 0 Å². The molecule has 0 radical (unpaired) electrons. The quantitative estimate of drug-likeness (QED) is 0.725. The molecule has 0 saturated heterocycles. The second-order valence-corrected chi connectivity index (χ2v) is 3.79. The third-order valence-corrected chi connectivity index (χ3v) is 2.65. The SMILES string of the molecule is CCCC(CCC=O)c1ccccc1O. The fourth-order valence-corrected chi connectivity index (χ4v) is 1.91. The van der Waals surface area contributed by atoms with Crippen molar-refractivity contribution in [3.8, 4) is 5.75 Å². The first kappa shape index (κ1) is 11.8. The van der Waals surface area contributed by atoms with Crippen LogP contribution in [-0.4, -0.2) is 11.4 Å². The van der Waals surface area contributed by atoms with Gasteiger partial charge < -0.3 is 9.90 Å². The summed E-state index contributed by atoms with van der Waals surface area (Å²) in [4.78, 5) is 10.4. The van der Waals surface area contributed by atoms with Crippen LogP contribution in [-0.2, 0) is 4.79 Å².